The first-order valence-electron chi connectivity index (χ1n) is 9.21. The number of carbonyl (C=O) groups is 1. The quantitative estimate of drug-likeness (QED) is 0.472. The molecule has 0 amide bonds. The monoisotopic (exact) mass is 460 g/mol. The number of ether oxygens (including phenoxy) is 3. The van der Waals surface area contributed by atoms with E-state index in [-0.39, 0.29) is 27.0 Å². The Morgan fingerprint density at radius 1 is 0.903 bits per heavy atom. The second-order valence-corrected chi connectivity index (χ2v) is 9.00. The maximum atomic E-state index is 13.4. The molecule has 0 aromatic heterocycles. The second kappa shape index (κ2) is 9.41. The van der Waals surface area contributed by atoms with Crippen molar-refractivity contribution in [2.24, 2.45) is 0 Å². The highest BCUT2D eigenvalue weighted by Crippen LogP contribution is 2.37. The Labute approximate surface area is 186 Å². The first kappa shape index (κ1) is 22.7. The molecule has 0 spiro atoms. The minimum absolute atomic E-state index is 0.00558. The number of carbonyl (C=O) groups excluding carboxylic acids is 1. The van der Waals surface area contributed by atoms with Crippen molar-refractivity contribution in [1.29, 1.82) is 0 Å². The van der Waals surface area contributed by atoms with Crippen molar-refractivity contribution in [2.45, 2.75) is 10.6 Å². The van der Waals surface area contributed by atoms with E-state index in [4.69, 9.17) is 25.8 Å². The summed E-state index contributed by atoms with van der Waals surface area (Å²) < 4.78 is 42.0. The van der Waals surface area contributed by atoms with Gasteiger partial charge in [0.2, 0.25) is 0 Å². The van der Waals surface area contributed by atoms with E-state index in [1.54, 1.807) is 12.1 Å². The number of benzene rings is 3. The predicted octanol–water partition coefficient (Wildman–Crippen LogP) is 4.78. The van der Waals surface area contributed by atoms with Crippen LogP contribution in [0.3, 0.4) is 0 Å². The molecule has 0 aliphatic rings. The lowest BCUT2D eigenvalue weighted by atomic mass is 10.0. The zero-order valence-electron chi connectivity index (χ0n) is 17.2. The molecule has 0 fully saturated rings. The lowest BCUT2D eigenvalue weighted by Crippen LogP contribution is -2.11. The van der Waals surface area contributed by atoms with E-state index < -0.39 is 15.8 Å². The normalized spacial score (nSPS) is 11.1. The number of rotatable bonds is 7. The van der Waals surface area contributed by atoms with Crippen molar-refractivity contribution in [3.63, 3.8) is 0 Å². The van der Waals surface area contributed by atoms with Gasteiger partial charge in [-0.3, -0.25) is 0 Å². The fraction of sp³-hybridized carbons (Fsp3) is 0.174. The smallest absolute Gasteiger partial charge is 0.337 e. The number of hydrogen-bond acceptors (Lipinski definition) is 6. The van der Waals surface area contributed by atoms with E-state index in [0.29, 0.717) is 11.3 Å². The van der Waals surface area contributed by atoms with Gasteiger partial charge < -0.3 is 14.2 Å². The van der Waals surface area contributed by atoms with Crippen LogP contribution in [0.1, 0.15) is 15.9 Å². The summed E-state index contributed by atoms with van der Waals surface area (Å²) in [6.07, 6.45) is 0. The van der Waals surface area contributed by atoms with E-state index in [1.807, 2.05) is 36.4 Å². The van der Waals surface area contributed by atoms with Crippen molar-refractivity contribution in [3.8, 4) is 22.6 Å². The van der Waals surface area contributed by atoms with Crippen LogP contribution in [0.4, 0.5) is 0 Å². The molecule has 0 saturated carbocycles. The van der Waals surface area contributed by atoms with Gasteiger partial charge >= 0.3 is 5.97 Å². The van der Waals surface area contributed by atoms with Crippen molar-refractivity contribution >= 4 is 27.4 Å². The Bertz CT molecular complexity index is 1210. The molecule has 6 nitrogen and oxygen atoms in total. The van der Waals surface area contributed by atoms with Gasteiger partial charge in [-0.25, -0.2) is 13.2 Å². The van der Waals surface area contributed by atoms with Crippen LogP contribution in [0.5, 0.6) is 11.5 Å². The average Bonchev–Trinajstić information content (AvgIpc) is 2.78. The van der Waals surface area contributed by atoms with Gasteiger partial charge in [-0.1, -0.05) is 48.0 Å². The molecule has 0 heterocycles. The summed E-state index contributed by atoms with van der Waals surface area (Å²) in [5.41, 5.74) is 2.26. The van der Waals surface area contributed by atoms with Gasteiger partial charge in [-0.15, -0.1) is 0 Å². The van der Waals surface area contributed by atoms with Gasteiger partial charge in [0, 0.05) is 5.56 Å². The molecule has 0 radical (unpaired) electrons. The molecule has 0 aliphatic carbocycles. The summed E-state index contributed by atoms with van der Waals surface area (Å²) in [6, 6.07) is 17.4. The lowest BCUT2D eigenvalue weighted by molar-refractivity contribution is 0.0600. The van der Waals surface area contributed by atoms with Gasteiger partial charge in [0.25, 0.3) is 0 Å². The average molecular weight is 461 g/mol. The number of halogens is 1. The van der Waals surface area contributed by atoms with E-state index in [1.165, 1.54) is 33.5 Å². The van der Waals surface area contributed by atoms with Crippen molar-refractivity contribution in [2.75, 3.05) is 21.3 Å². The van der Waals surface area contributed by atoms with Crippen molar-refractivity contribution < 1.29 is 27.4 Å². The number of esters is 1. The van der Waals surface area contributed by atoms with Crippen LogP contribution < -0.4 is 9.47 Å². The third kappa shape index (κ3) is 4.84. The standard InChI is InChI=1S/C23H21ClO6S/c1-28-20-10-9-16(15-7-5-4-6-8-15)11-18(20)14-31(26,27)21-13-17(23(25)30-3)12-19(24)22(21)29-2/h4-13H,14H2,1-3H3. The Morgan fingerprint density at radius 2 is 1.61 bits per heavy atom. The van der Waals surface area contributed by atoms with Crippen molar-refractivity contribution in [1.82, 2.24) is 0 Å². The molecule has 31 heavy (non-hydrogen) atoms. The van der Waals surface area contributed by atoms with Gasteiger partial charge in [0.05, 0.1) is 37.7 Å². The maximum Gasteiger partial charge on any atom is 0.337 e. The maximum absolute atomic E-state index is 13.4. The van der Waals surface area contributed by atoms with Crippen LogP contribution in [0.15, 0.2) is 65.6 Å². The van der Waals surface area contributed by atoms with E-state index in [9.17, 15) is 13.2 Å². The summed E-state index contributed by atoms with van der Waals surface area (Å²) in [4.78, 5) is 11.8. The lowest BCUT2D eigenvalue weighted by Gasteiger charge is -2.15. The van der Waals surface area contributed by atoms with E-state index in [2.05, 4.69) is 0 Å². The number of hydrogen-bond donors (Lipinski definition) is 0. The summed E-state index contributed by atoms with van der Waals surface area (Å²) >= 11 is 6.19. The fourth-order valence-electron chi connectivity index (χ4n) is 3.22. The van der Waals surface area contributed by atoms with Crippen LogP contribution in [-0.2, 0) is 20.3 Å². The molecule has 3 aromatic carbocycles. The Hall–Kier alpha value is -3.03. The zero-order valence-corrected chi connectivity index (χ0v) is 18.8. The molecular formula is C23H21ClO6S. The molecule has 162 valence electrons. The van der Waals surface area contributed by atoms with Crippen LogP contribution in [0.25, 0.3) is 11.1 Å². The molecule has 3 aromatic rings. The highest BCUT2D eigenvalue weighted by atomic mass is 35.5. The molecular weight excluding hydrogens is 440 g/mol. The van der Waals surface area contributed by atoms with Crippen LogP contribution in [0.2, 0.25) is 5.02 Å². The number of sulfone groups is 1. The highest BCUT2D eigenvalue weighted by molar-refractivity contribution is 7.90. The Morgan fingerprint density at radius 3 is 2.23 bits per heavy atom. The predicted molar refractivity (Wildman–Crippen MR) is 119 cm³/mol. The summed E-state index contributed by atoms with van der Waals surface area (Å²) in [6.45, 7) is 0. The summed E-state index contributed by atoms with van der Waals surface area (Å²) in [5.74, 6) is -0.691. The summed E-state index contributed by atoms with van der Waals surface area (Å²) in [5, 5.41) is -0.00558. The first-order chi connectivity index (χ1) is 14.8. The molecule has 3 rings (SSSR count). The largest absolute Gasteiger partial charge is 0.496 e. The molecule has 0 N–H and O–H groups in total. The third-order valence-electron chi connectivity index (χ3n) is 4.70. The molecule has 0 unspecified atom stereocenters. The summed E-state index contributed by atoms with van der Waals surface area (Å²) in [7, 11) is 0.0207. The Balaban J connectivity index is 2.10. The van der Waals surface area contributed by atoms with Gasteiger partial charge in [-0.2, -0.15) is 0 Å². The van der Waals surface area contributed by atoms with E-state index in [0.717, 1.165) is 11.1 Å². The van der Waals surface area contributed by atoms with Gasteiger partial charge in [-0.05, 0) is 35.4 Å². The SMILES string of the molecule is COC(=O)c1cc(Cl)c(OC)c(S(=O)(=O)Cc2cc(-c3ccccc3)ccc2OC)c1. The van der Waals surface area contributed by atoms with Crippen molar-refractivity contribution in [3.05, 3.63) is 76.8 Å². The number of methoxy groups -OCH3 is 3. The third-order valence-corrected chi connectivity index (χ3v) is 6.65. The van der Waals surface area contributed by atoms with Crippen LogP contribution in [-0.4, -0.2) is 35.7 Å². The zero-order chi connectivity index (χ0) is 22.6. The van der Waals surface area contributed by atoms with Gasteiger partial charge in [0.15, 0.2) is 15.6 Å². The first-order valence-corrected chi connectivity index (χ1v) is 11.2. The minimum atomic E-state index is -3.97. The van der Waals surface area contributed by atoms with E-state index >= 15 is 0 Å². The molecule has 0 saturated heterocycles. The molecule has 0 bridgehead atoms. The topological polar surface area (TPSA) is 78.9 Å². The second-order valence-electron chi connectivity index (χ2n) is 6.63. The molecule has 0 aliphatic heterocycles. The molecule has 0 atom stereocenters. The van der Waals surface area contributed by atoms with Crippen LogP contribution >= 0.6 is 11.6 Å². The fourth-order valence-corrected chi connectivity index (χ4v) is 5.14. The van der Waals surface area contributed by atoms with Gasteiger partial charge in [0.1, 0.15) is 10.6 Å². The van der Waals surface area contributed by atoms with Crippen LogP contribution in [0, 0.1) is 0 Å². The Kier molecular flexibility index (Phi) is 6.87. The molecule has 8 heteroatoms. The highest BCUT2D eigenvalue weighted by Gasteiger charge is 2.26. The minimum Gasteiger partial charge on any atom is -0.496 e.